The average Bonchev–Trinajstić information content (AvgIpc) is 2.44. The summed E-state index contributed by atoms with van der Waals surface area (Å²) in [6, 6.07) is 0. The van der Waals surface area contributed by atoms with Gasteiger partial charge in [0.15, 0.2) is 5.65 Å². The Kier molecular flexibility index (Phi) is 2.03. The molecule has 4 nitrogen and oxygen atoms in total. The molecule has 0 aliphatic carbocycles. The number of hydrogen-bond donors (Lipinski definition) is 1. The molecule has 2 heterocycles. The molecule has 0 fully saturated rings. The van der Waals surface area contributed by atoms with Gasteiger partial charge in [-0.25, -0.2) is 9.97 Å². The number of thiazole rings is 1. The lowest BCUT2D eigenvalue weighted by molar-refractivity contribution is -0.144. The van der Waals surface area contributed by atoms with E-state index in [4.69, 9.17) is 0 Å². The van der Waals surface area contributed by atoms with Crippen LogP contribution in [0.15, 0.2) is 4.79 Å². The molecule has 2 aromatic heterocycles. The highest BCUT2D eigenvalue weighted by atomic mass is 32.1. The molecule has 1 N–H and O–H groups in total. The van der Waals surface area contributed by atoms with Crippen LogP contribution in [0.25, 0.3) is 10.3 Å². The van der Waals surface area contributed by atoms with E-state index in [-0.39, 0.29) is 10.3 Å². The summed E-state index contributed by atoms with van der Waals surface area (Å²) < 4.78 is 36.8. The summed E-state index contributed by atoms with van der Waals surface area (Å²) in [5.74, 6) is -1.31. The Morgan fingerprint density at radius 2 is 2.00 bits per heavy atom. The number of rotatable bonds is 0. The number of aromatic amines is 1. The Morgan fingerprint density at radius 1 is 1.33 bits per heavy atom. The van der Waals surface area contributed by atoms with Gasteiger partial charge in [0.2, 0.25) is 5.82 Å². The van der Waals surface area contributed by atoms with Gasteiger partial charge in [0.1, 0.15) is 4.70 Å². The number of halogens is 3. The summed E-state index contributed by atoms with van der Waals surface area (Å²) in [6.45, 7) is 1.60. The van der Waals surface area contributed by atoms with Gasteiger partial charge >= 0.3 is 6.18 Å². The lowest BCUT2D eigenvalue weighted by Crippen LogP contribution is -2.18. The van der Waals surface area contributed by atoms with E-state index < -0.39 is 17.6 Å². The largest absolute Gasteiger partial charge is 0.449 e. The van der Waals surface area contributed by atoms with Gasteiger partial charge in [0.25, 0.3) is 5.56 Å². The number of H-pyrrole nitrogens is 1. The molecule has 8 heteroatoms. The Balaban J connectivity index is 2.78. The summed E-state index contributed by atoms with van der Waals surface area (Å²) in [4.78, 5) is 19.9. The standard InChI is InChI=1S/C7H4F3N3OS/c1-2-11-4-3(15-2)5(14)13-6(12-4)7(8,9)10/h1H3,(H,12,13,14). The fraction of sp³-hybridized carbons (Fsp3) is 0.286. The predicted octanol–water partition coefficient (Wildman–Crippen LogP) is 1.71. The molecule has 2 rings (SSSR count). The van der Waals surface area contributed by atoms with Crippen LogP contribution in [0.3, 0.4) is 0 Å². The molecule has 0 saturated carbocycles. The number of nitrogens with one attached hydrogen (secondary N) is 1. The summed E-state index contributed by atoms with van der Waals surface area (Å²) in [5, 5.41) is 0.502. The summed E-state index contributed by atoms with van der Waals surface area (Å²) >= 11 is 1.01. The molecule has 0 radical (unpaired) electrons. The molecule has 0 aliphatic heterocycles. The summed E-state index contributed by atoms with van der Waals surface area (Å²) in [6.07, 6.45) is -4.66. The third-order valence-electron chi connectivity index (χ3n) is 1.64. The zero-order chi connectivity index (χ0) is 11.2. The molecule has 0 bridgehead atoms. The van der Waals surface area contributed by atoms with Crippen LogP contribution in [0, 0.1) is 6.92 Å². The fourth-order valence-corrected chi connectivity index (χ4v) is 1.83. The van der Waals surface area contributed by atoms with Crippen LogP contribution in [-0.4, -0.2) is 15.0 Å². The van der Waals surface area contributed by atoms with Crippen molar-refractivity contribution in [2.45, 2.75) is 13.1 Å². The van der Waals surface area contributed by atoms with Crippen molar-refractivity contribution in [1.29, 1.82) is 0 Å². The summed E-state index contributed by atoms with van der Waals surface area (Å²) in [7, 11) is 0. The summed E-state index contributed by atoms with van der Waals surface area (Å²) in [5.41, 5.74) is -0.966. The van der Waals surface area contributed by atoms with Crippen LogP contribution in [0.4, 0.5) is 13.2 Å². The van der Waals surface area contributed by atoms with E-state index in [0.29, 0.717) is 5.01 Å². The van der Waals surface area contributed by atoms with Crippen LogP contribution in [0.2, 0.25) is 0 Å². The lowest BCUT2D eigenvalue weighted by Gasteiger charge is -2.03. The van der Waals surface area contributed by atoms with Crippen molar-refractivity contribution in [3.05, 3.63) is 21.2 Å². The van der Waals surface area contributed by atoms with E-state index in [1.165, 1.54) is 0 Å². The van der Waals surface area contributed by atoms with Gasteiger partial charge in [-0.1, -0.05) is 0 Å². The Labute approximate surface area is 84.8 Å². The van der Waals surface area contributed by atoms with Crippen LogP contribution in [0.1, 0.15) is 10.8 Å². The predicted molar refractivity (Wildman–Crippen MR) is 47.8 cm³/mol. The highest BCUT2D eigenvalue weighted by Crippen LogP contribution is 2.26. The average molecular weight is 235 g/mol. The van der Waals surface area contributed by atoms with E-state index in [0.717, 1.165) is 11.3 Å². The van der Waals surface area contributed by atoms with Crippen molar-refractivity contribution in [3.63, 3.8) is 0 Å². The van der Waals surface area contributed by atoms with Gasteiger partial charge in [-0.05, 0) is 6.92 Å². The van der Waals surface area contributed by atoms with Gasteiger partial charge in [-0.3, -0.25) is 4.79 Å². The molecule has 0 aliphatic rings. The second-order valence-electron chi connectivity index (χ2n) is 2.80. The van der Waals surface area contributed by atoms with E-state index in [1.54, 1.807) is 11.9 Å². The highest BCUT2D eigenvalue weighted by Gasteiger charge is 2.34. The molecule has 0 spiro atoms. The zero-order valence-electron chi connectivity index (χ0n) is 7.34. The number of aromatic nitrogens is 3. The molecule has 80 valence electrons. The van der Waals surface area contributed by atoms with Crippen molar-refractivity contribution in [2.75, 3.05) is 0 Å². The maximum absolute atomic E-state index is 12.2. The van der Waals surface area contributed by atoms with Gasteiger partial charge < -0.3 is 4.98 Å². The van der Waals surface area contributed by atoms with Crippen LogP contribution < -0.4 is 5.56 Å². The molecule has 2 aromatic rings. The van der Waals surface area contributed by atoms with Crippen LogP contribution >= 0.6 is 11.3 Å². The lowest BCUT2D eigenvalue weighted by atomic mass is 10.5. The minimum Gasteiger partial charge on any atom is -0.302 e. The number of fused-ring (bicyclic) bond motifs is 1. The smallest absolute Gasteiger partial charge is 0.302 e. The minimum atomic E-state index is -4.66. The van der Waals surface area contributed by atoms with E-state index in [9.17, 15) is 18.0 Å². The van der Waals surface area contributed by atoms with Crippen molar-refractivity contribution in [2.24, 2.45) is 0 Å². The molecular formula is C7H4F3N3OS. The van der Waals surface area contributed by atoms with Gasteiger partial charge in [0, 0.05) is 0 Å². The van der Waals surface area contributed by atoms with Gasteiger partial charge in [-0.15, -0.1) is 11.3 Å². The molecule has 15 heavy (non-hydrogen) atoms. The SMILES string of the molecule is Cc1nc2nc(C(F)(F)F)[nH]c(=O)c2s1. The number of aryl methyl sites for hydroxylation is 1. The number of hydrogen-bond acceptors (Lipinski definition) is 4. The maximum atomic E-state index is 12.2. The molecule has 0 aromatic carbocycles. The molecule has 0 atom stereocenters. The first kappa shape index (κ1) is 10.1. The first-order chi connectivity index (χ1) is 6.88. The van der Waals surface area contributed by atoms with Crippen LogP contribution in [0.5, 0.6) is 0 Å². The molecular weight excluding hydrogens is 231 g/mol. The second kappa shape index (κ2) is 3.02. The second-order valence-corrected chi connectivity index (χ2v) is 4.00. The minimum absolute atomic E-state index is 0.112. The quantitative estimate of drug-likeness (QED) is 0.756. The van der Waals surface area contributed by atoms with Crippen molar-refractivity contribution < 1.29 is 13.2 Å². The molecule has 0 unspecified atom stereocenters. The Morgan fingerprint density at radius 3 is 2.60 bits per heavy atom. The Hall–Kier alpha value is -1.44. The first-order valence-electron chi connectivity index (χ1n) is 3.82. The van der Waals surface area contributed by atoms with Gasteiger partial charge in [-0.2, -0.15) is 13.2 Å². The number of alkyl halides is 3. The third-order valence-corrected chi connectivity index (χ3v) is 2.60. The highest BCUT2D eigenvalue weighted by molar-refractivity contribution is 7.18. The third kappa shape index (κ3) is 1.72. The van der Waals surface area contributed by atoms with Crippen molar-refractivity contribution >= 4 is 21.7 Å². The normalized spacial score (nSPS) is 12.3. The van der Waals surface area contributed by atoms with Crippen LogP contribution in [-0.2, 0) is 6.18 Å². The fourth-order valence-electron chi connectivity index (χ4n) is 1.07. The van der Waals surface area contributed by atoms with E-state index in [2.05, 4.69) is 9.97 Å². The molecule has 0 amide bonds. The monoisotopic (exact) mass is 235 g/mol. The maximum Gasteiger partial charge on any atom is 0.449 e. The van der Waals surface area contributed by atoms with E-state index in [1.807, 2.05) is 0 Å². The van der Waals surface area contributed by atoms with Crippen molar-refractivity contribution in [1.82, 2.24) is 15.0 Å². The topological polar surface area (TPSA) is 58.6 Å². The zero-order valence-corrected chi connectivity index (χ0v) is 8.16. The first-order valence-corrected chi connectivity index (χ1v) is 4.64. The molecule has 0 saturated heterocycles. The van der Waals surface area contributed by atoms with E-state index >= 15 is 0 Å². The van der Waals surface area contributed by atoms with Gasteiger partial charge in [0.05, 0.1) is 5.01 Å². The number of nitrogens with zero attached hydrogens (tertiary/aromatic N) is 2. The van der Waals surface area contributed by atoms with Crippen molar-refractivity contribution in [3.8, 4) is 0 Å². The Bertz CT molecular complexity index is 571.